The summed E-state index contributed by atoms with van der Waals surface area (Å²) in [6, 6.07) is 21.9. The third-order valence-electron chi connectivity index (χ3n) is 6.72. The van der Waals surface area contributed by atoms with Gasteiger partial charge in [-0.15, -0.1) is 12.4 Å². The number of benzene rings is 2. The smallest absolute Gasteiger partial charge is 0.0101 e. The van der Waals surface area contributed by atoms with Crippen molar-refractivity contribution in [2.24, 2.45) is 0 Å². The summed E-state index contributed by atoms with van der Waals surface area (Å²) in [5.74, 6) is 0.487. The van der Waals surface area contributed by atoms with E-state index in [2.05, 4.69) is 72.9 Å². The van der Waals surface area contributed by atoms with Crippen molar-refractivity contribution in [3.05, 3.63) is 71.8 Å². The highest BCUT2D eigenvalue weighted by atomic mass is 35.5. The lowest BCUT2D eigenvalue weighted by Gasteiger charge is -2.18. The molecular formula is C31H50ClN. The Kier molecular flexibility index (Phi) is 19.1. The molecule has 0 fully saturated rings. The molecule has 0 aliphatic carbocycles. The zero-order valence-electron chi connectivity index (χ0n) is 21.3. The quantitative estimate of drug-likeness (QED) is 0.189. The van der Waals surface area contributed by atoms with E-state index in [-0.39, 0.29) is 12.4 Å². The first-order valence-corrected chi connectivity index (χ1v) is 13.7. The second-order valence-corrected chi connectivity index (χ2v) is 9.51. The van der Waals surface area contributed by atoms with Crippen LogP contribution in [0.1, 0.15) is 120 Å². The molecule has 2 heteroatoms. The molecule has 0 saturated heterocycles. The lowest BCUT2D eigenvalue weighted by atomic mass is 9.88. The number of rotatable bonds is 20. The summed E-state index contributed by atoms with van der Waals surface area (Å²) in [4.78, 5) is 0. The maximum Gasteiger partial charge on any atom is 0.0101 e. The highest BCUT2D eigenvalue weighted by molar-refractivity contribution is 5.85. The van der Waals surface area contributed by atoms with Gasteiger partial charge in [0.25, 0.3) is 0 Å². The molecule has 0 radical (unpaired) electrons. The minimum atomic E-state index is 0. The first-order valence-electron chi connectivity index (χ1n) is 13.7. The molecule has 0 bridgehead atoms. The molecule has 33 heavy (non-hydrogen) atoms. The van der Waals surface area contributed by atoms with Crippen LogP contribution in [0.4, 0.5) is 0 Å². The summed E-state index contributed by atoms with van der Waals surface area (Å²) in [5.41, 5.74) is 2.86. The van der Waals surface area contributed by atoms with Crippen molar-refractivity contribution in [1.29, 1.82) is 0 Å². The molecule has 0 aliphatic heterocycles. The molecule has 0 saturated carbocycles. The zero-order valence-corrected chi connectivity index (χ0v) is 22.1. The highest BCUT2D eigenvalue weighted by Gasteiger charge is 2.13. The van der Waals surface area contributed by atoms with Crippen molar-refractivity contribution in [2.75, 3.05) is 13.1 Å². The van der Waals surface area contributed by atoms with Crippen LogP contribution in [-0.2, 0) is 0 Å². The van der Waals surface area contributed by atoms with Crippen LogP contribution in [0.25, 0.3) is 0 Å². The number of unbranched alkanes of at least 4 members (excludes halogenated alkanes) is 13. The van der Waals surface area contributed by atoms with E-state index in [9.17, 15) is 0 Å². The molecule has 0 aromatic heterocycles. The summed E-state index contributed by atoms with van der Waals surface area (Å²) in [5, 5.41) is 3.70. The van der Waals surface area contributed by atoms with Crippen LogP contribution >= 0.6 is 12.4 Å². The van der Waals surface area contributed by atoms with Crippen LogP contribution in [-0.4, -0.2) is 13.1 Å². The average Bonchev–Trinajstić information content (AvgIpc) is 2.84. The molecule has 0 spiro atoms. The largest absolute Gasteiger partial charge is 0.317 e. The summed E-state index contributed by atoms with van der Waals surface area (Å²) in [6.07, 6.45) is 21.1. The highest BCUT2D eigenvalue weighted by Crippen LogP contribution is 2.27. The Bertz CT molecular complexity index is 603. The van der Waals surface area contributed by atoms with Crippen LogP contribution in [0.15, 0.2) is 60.7 Å². The lowest BCUT2D eigenvalue weighted by molar-refractivity contribution is 0.526. The monoisotopic (exact) mass is 471 g/mol. The molecule has 2 aromatic rings. The predicted molar refractivity (Wildman–Crippen MR) is 150 cm³/mol. The van der Waals surface area contributed by atoms with Crippen molar-refractivity contribution in [3.63, 3.8) is 0 Å². The molecule has 0 aliphatic rings. The van der Waals surface area contributed by atoms with Crippen molar-refractivity contribution < 1.29 is 0 Å². The first kappa shape index (κ1) is 29.7. The van der Waals surface area contributed by atoms with Crippen LogP contribution in [0.2, 0.25) is 0 Å². The molecule has 2 aromatic carbocycles. The Morgan fingerprint density at radius 1 is 0.515 bits per heavy atom. The summed E-state index contributed by atoms with van der Waals surface area (Å²) in [7, 11) is 0. The molecule has 0 atom stereocenters. The van der Waals surface area contributed by atoms with Crippen molar-refractivity contribution in [3.8, 4) is 0 Å². The SMILES string of the molecule is CCCCCCCCCCCCCCCCNCCC(c1ccccc1)c1ccccc1.Cl. The second kappa shape index (κ2) is 21.2. The summed E-state index contributed by atoms with van der Waals surface area (Å²) < 4.78 is 0. The van der Waals surface area contributed by atoms with Gasteiger partial charge < -0.3 is 5.32 Å². The molecule has 1 N–H and O–H groups in total. The zero-order chi connectivity index (χ0) is 22.5. The van der Waals surface area contributed by atoms with Gasteiger partial charge >= 0.3 is 0 Å². The number of halogens is 1. The van der Waals surface area contributed by atoms with E-state index in [4.69, 9.17) is 0 Å². The summed E-state index contributed by atoms with van der Waals surface area (Å²) >= 11 is 0. The Morgan fingerprint density at radius 2 is 0.909 bits per heavy atom. The van der Waals surface area contributed by atoms with Gasteiger partial charge in [0.15, 0.2) is 0 Å². The maximum atomic E-state index is 3.70. The molecule has 0 heterocycles. The number of hydrogen-bond donors (Lipinski definition) is 1. The summed E-state index contributed by atoms with van der Waals surface area (Å²) in [6.45, 7) is 4.55. The Labute approximate surface area is 211 Å². The predicted octanol–water partition coefficient (Wildman–Crippen LogP) is 9.70. The van der Waals surface area contributed by atoms with E-state index in [1.807, 2.05) is 0 Å². The standard InChI is InChI=1S/C31H49N.ClH/c1-2-3-4-5-6-7-8-9-10-11-12-13-14-21-27-32-28-26-31(29-22-17-15-18-23-29)30-24-19-16-20-25-30;/h15-20,22-25,31-32H,2-14,21,26-28H2,1H3;1H. The first-order chi connectivity index (χ1) is 15.9. The van der Waals surface area contributed by atoms with Gasteiger partial charge in [0, 0.05) is 5.92 Å². The van der Waals surface area contributed by atoms with Gasteiger partial charge in [-0.2, -0.15) is 0 Å². The van der Waals surface area contributed by atoms with Crippen molar-refractivity contribution >= 4 is 12.4 Å². The Morgan fingerprint density at radius 3 is 1.33 bits per heavy atom. The van der Waals surface area contributed by atoms with E-state index in [1.165, 1.54) is 101 Å². The van der Waals surface area contributed by atoms with E-state index >= 15 is 0 Å². The van der Waals surface area contributed by atoms with E-state index in [0.29, 0.717) is 5.92 Å². The van der Waals surface area contributed by atoms with Crippen LogP contribution in [0.5, 0.6) is 0 Å². The van der Waals surface area contributed by atoms with Crippen LogP contribution in [0, 0.1) is 0 Å². The topological polar surface area (TPSA) is 12.0 Å². The van der Waals surface area contributed by atoms with Gasteiger partial charge in [0.05, 0.1) is 0 Å². The normalized spacial score (nSPS) is 11.0. The third-order valence-corrected chi connectivity index (χ3v) is 6.72. The minimum Gasteiger partial charge on any atom is -0.317 e. The van der Waals surface area contributed by atoms with Crippen LogP contribution < -0.4 is 5.32 Å². The fraction of sp³-hybridized carbons (Fsp3) is 0.613. The van der Waals surface area contributed by atoms with Crippen molar-refractivity contribution in [2.45, 2.75) is 109 Å². The van der Waals surface area contributed by atoms with Gasteiger partial charge in [-0.3, -0.25) is 0 Å². The average molecular weight is 472 g/mol. The van der Waals surface area contributed by atoms with Crippen molar-refractivity contribution in [1.82, 2.24) is 5.32 Å². The van der Waals surface area contributed by atoms with Gasteiger partial charge in [-0.25, -0.2) is 0 Å². The minimum absolute atomic E-state index is 0. The van der Waals surface area contributed by atoms with E-state index < -0.39 is 0 Å². The van der Waals surface area contributed by atoms with E-state index in [1.54, 1.807) is 0 Å². The van der Waals surface area contributed by atoms with Gasteiger partial charge in [-0.05, 0) is 37.1 Å². The second-order valence-electron chi connectivity index (χ2n) is 9.51. The van der Waals surface area contributed by atoms with E-state index in [0.717, 1.165) is 19.5 Å². The van der Waals surface area contributed by atoms with Gasteiger partial charge in [0.1, 0.15) is 0 Å². The Hall–Kier alpha value is -1.31. The molecule has 186 valence electrons. The van der Waals surface area contributed by atoms with Crippen LogP contribution in [0.3, 0.4) is 0 Å². The molecule has 1 nitrogen and oxygen atoms in total. The van der Waals surface area contributed by atoms with Gasteiger partial charge in [-0.1, -0.05) is 151 Å². The molecular weight excluding hydrogens is 422 g/mol. The Balaban J connectivity index is 0.00000544. The fourth-order valence-corrected chi connectivity index (χ4v) is 4.71. The number of nitrogens with one attached hydrogen (secondary N) is 1. The maximum absolute atomic E-state index is 3.70. The number of hydrogen-bond acceptors (Lipinski definition) is 1. The lowest BCUT2D eigenvalue weighted by Crippen LogP contribution is -2.19. The molecule has 0 amide bonds. The fourth-order valence-electron chi connectivity index (χ4n) is 4.71. The van der Waals surface area contributed by atoms with Gasteiger partial charge in [0.2, 0.25) is 0 Å². The third kappa shape index (κ3) is 14.5. The molecule has 2 rings (SSSR count). The molecule has 0 unspecified atom stereocenters.